The van der Waals surface area contributed by atoms with Crippen molar-refractivity contribution in [3.8, 4) is 11.5 Å². The van der Waals surface area contributed by atoms with Crippen molar-refractivity contribution in [2.75, 3.05) is 43.5 Å². The number of hydrogen-bond acceptors (Lipinski definition) is 15. The molecule has 19 nitrogen and oxygen atoms in total. The molecule has 402 valence electrons. The molecule has 2 aliphatic carbocycles. The summed E-state index contributed by atoms with van der Waals surface area (Å²) in [4.78, 5) is 64.9. The molecule has 2 unspecified atom stereocenters. The van der Waals surface area contributed by atoms with E-state index in [1.807, 2.05) is 26.0 Å². The van der Waals surface area contributed by atoms with Crippen molar-refractivity contribution in [2.45, 2.75) is 159 Å². The Hall–Kier alpha value is -6.41. The van der Waals surface area contributed by atoms with Crippen molar-refractivity contribution in [3.63, 3.8) is 0 Å². The van der Waals surface area contributed by atoms with Gasteiger partial charge in [0.05, 0.1) is 47.9 Å². The molecule has 2 saturated heterocycles. The molecule has 4 aliphatic rings. The average molecular weight is 1050 g/mol. The first-order valence-electron chi connectivity index (χ1n) is 26.8. The van der Waals surface area contributed by atoms with Gasteiger partial charge in [0.15, 0.2) is 21.4 Å². The van der Waals surface area contributed by atoms with E-state index in [2.05, 4.69) is 58.5 Å². The van der Waals surface area contributed by atoms with Gasteiger partial charge in [-0.05, 0) is 129 Å². The summed E-state index contributed by atoms with van der Waals surface area (Å²) in [5, 5.41) is 20.5. The number of carbonyl (C=O) groups excluding carboxylic acids is 3. The zero-order valence-corrected chi connectivity index (χ0v) is 45.3. The van der Waals surface area contributed by atoms with Crippen LogP contribution in [0.2, 0.25) is 0 Å². The van der Waals surface area contributed by atoms with Gasteiger partial charge in [-0.15, -0.1) is 0 Å². The SMILES string of the molecule is CNC(C)C(=O)NC(C(=O)N1C[C@@H](Oc2cnc(N3CCC(CCOc4cc5ncnc(Nc6n[nH]c(C)c6C)c5cc4S(=O)(=O)C(C)(C)C)CC3)nc2)C[C@H]1C(=O)N[C@@H]1CCCc2ccccc21)C1CCCCC1. The van der Waals surface area contributed by atoms with Gasteiger partial charge in [0.1, 0.15) is 41.0 Å². The monoisotopic (exact) mass is 1050 g/mol. The second-order valence-electron chi connectivity index (χ2n) is 21.9. The predicted molar refractivity (Wildman–Crippen MR) is 287 cm³/mol. The van der Waals surface area contributed by atoms with E-state index in [0.29, 0.717) is 46.8 Å². The van der Waals surface area contributed by atoms with E-state index in [4.69, 9.17) is 19.4 Å². The second-order valence-corrected chi connectivity index (χ2v) is 24.6. The fourth-order valence-electron chi connectivity index (χ4n) is 11.0. The highest BCUT2D eigenvalue weighted by atomic mass is 32.2. The fourth-order valence-corrected chi connectivity index (χ4v) is 12.3. The van der Waals surface area contributed by atoms with Crippen LogP contribution in [-0.4, -0.2) is 123 Å². The summed E-state index contributed by atoms with van der Waals surface area (Å²) in [5.41, 5.74) is 4.72. The number of fused-ring (bicyclic) bond motifs is 2. The fraction of sp³-hybridized carbons (Fsp3) is 0.564. The molecule has 9 rings (SSSR count). The standard InChI is InChI=1S/C55H74N12O7S/c1-33-34(2)64-65-49(33)63-50-42-27-47(75(71,72)55(4,5)6)46(28-44(42)59-32-60-50)73-25-22-36-20-23-66(24-21-36)54-57-29-40(30-58-54)74-39-26-45(52(69)61-43-19-13-17-37-14-11-12-18-41(37)43)67(31-39)53(70)48(38-15-9-8-10-16-38)62-51(68)35(3)56-7/h11-12,14,18,27-30,32,35-36,38-39,43,45,48,56H,8-10,13,15-17,19-26,31H2,1-7H3,(H,61,69)(H,62,68)(H2,59,60,63,64,65)/t35?,39-,43+,45-,48?/m0/s1. The minimum atomic E-state index is -3.84. The number of piperidine rings is 1. The van der Waals surface area contributed by atoms with Crippen molar-refractivity contribution < 1.29 is 32.3 Å². The number of ether oxygens (including phenoxy) is 2. The lowest BCUT2D eigenvalue weighted by Gasteiger charge is -2.35. The predicted octanol–water partition coefficient (Wildman–Crippen LogP) is 6.98. The molecule has 5 atom stereocenters. The minimum Gasteiger partial charge on any atom is -0.492 e. The molecule has 2 aromatic carbocycles. The maximum absolute atomic E-state index is 14.8. The third-order valence-corrected chi connectivity index (χ3v) is 18.4. The van der Waals surface area contributed by atoms with E-state index in [9.17, 15) is 22.8 Å². The molecule has 0 radical (unpaired) electrons. The lowest BCUT2D eigenvalue weighted by atomic mass is 9.83. The Morgan fingerprint density at radius 1 is 0.920 bits per heavy atom. The molecule has 75 heavy (non-hydrogen) atoms. The van der Waals surface area contributed by atoms with E-state index in [-0.39, 0.29) is 53.3 Å². The molecule has 1 saturated carbocycles. The first-order chi connectivity index (χ1) is 36.0. The number of carbonyl (C=O) groups is 3. The van der Waals surface area contributed by atoms with Crippen LogP contribution in [0, 0.1) is 25.7 Å². The lowest BCUT2D eigenvalue weighted by Crippen LogP contribution is -2.58. The van der Waals surface area contributed by atoms with E-state index in [1.165, 1.54) is 11.9 Å². The van der Waals surface area contributed by atoms with Gasteiger partial charge in [0.25, 0.3) is 0 Å². The summed E-state index contributed by atoms with van der Waals surface area (Å²) >= 11 is 0. The van der Waals surface area contributed by atoms with E-state index < -0.39 is 38.8 Å². The molecule has 5 aromatic rings. The Kier molecular flexibility index (Phi) is 16.3. The first-order valence-corrected chi connectivity index (χ1v) is 28.3. The number of rotatable bonds is 17. The number of likely N-dealkylation sites (tertiary alicyclic amines) is 1. The van der Waals surface area contributed by atoms with Crippen LogP contribution in [0.25, 0.3) is 10.9 Å². The van der Waals surface area contributed by atoms with Gasteiger partial charge in [-0.2, -0.15) is 5.10 Å². The Morgan fingerprint density at radius 3 is 2.37 bits per heavy atom. The number of aryl methyl sites for hydroxylation is 2. The minimum absolute atomic E-state index is 0.0351. The highest BCUT2D eigenvalue weighted by Gasteiger charge is 2.46. The van der Waals surface area contributed by atoms with Gasteiger partial charge < -0.3 is 40.5 Å². The van der Waals surface area contributed by atoms with Gasteiger partial charge in [-0.1, -0.05) is 43.5 Å². The summed E-state index contributed by atoms with van der Waals surface area (Å²) in [7, 11) is -2.12. The van der Waals surface area contributed by atoms with Crippen LogP contribution < -0.4 is 35.6 Å². The highest BCUT2D eigenvalue weighted by molar-refractivity contribution is 7.92. The van der Waals surface area contributed by atoms with Gasteiger partial charge >= 0.3 is 0 Å². The average Bonchev–Trinajstić information content (AvgIpc) is 3.98. The highest BCUT2D eigenvalue weighted by Crippen LogP contribution is 2.39. The molecule has 0 spiro atoms. The molecular weight excluding hydrogens is 973 g/mol. The van der Waals surface area contributed by atoms with Gasteiger partial charge in [-0.3, -0.25) is 19.5 Å². The largest absolute Gasteiger partial charge is 0.492 e. The Balaban J connectivity index is 0.838. The Morgan fingerprint density at radius 2 is 1.67 bits per heavy atom. The molecule has 5 heterocycles. The Labute approximate surface area is 440 Å². The van der Waals surface area contributed by atoms with Crippen molar-refractivity contribution >= 4 is 56.0 Å². The number of aromatic amines is 1. The van der Waals surface area contributed by atoms with Crippen molar-refractivity contribution in [2.24, 2.45) is 11.8 Å². The molecule has 5 N–H and O–H groups in total. The van der Waals surface area contributed by atoms with E-state index >= 15 is 0 Å². The molecule has 20 heteroatoms. The van der Waals surface area contributed by atoms with Crippen LogP contribution in [0.4, 0.5) is 17.6 Å². The van der Waals surface area contributed by atoms with Crippen molar-refractivity contribution in [1.29, 1.82) is 0 Å². The summed E-state index contributed by atoms with van der Waals surface area (Å²) < 4.78 is 39.9. The number of H-pyrrole nitrogens is 1. The van der Waals surface area contributed by atoms with Crippen molar-refractivity contribution in [3.05, 3.63) is 77.5 Å². The number of sulfone groups is 1. The smallest absolute Gasteiger partial charge is 0.246 e. The van der Waals surface area contributed by atoms with Crippen LogP contribution >= 0.6 is 0 Å². The van der Waals surface area contributed by atoms with E-state index in [0.717, 1.165) is 101 Å². The number of hydrogen-bond donors (Lipinski definition) is 5. The number of likely N-dealkylation sites (N-methyl/N-ethyl adjacent to an activating group) is 1. The molecule has 2 aliphatic heterocycles. The van der Waals surface area contributed by atoms with Crippen molar-refractivity contribution in [1.82, 2.24) is 51.0 Å². The van der Waals surface area contributed by atoms with Gasteiger partial charge in [0.2, 0.25) is 23.7 Å². The van der Waals surface area contributed by atoms with Crippen LogP contribution in [0.1, 0.15) is 127 Å². The molecule has 3 aromatic heterocycles. The van der Waals surface area contributed by atoms with Crippen LogP contribution in [-0.2, 0) is 30.6 Å². The number of benzene rings is 2. The van der Waals surface area contributed by atoms with Gasteiger partial charge in [-0.25, -0.2) is 28.4 Å². The molecule has 0 bridgehead atoms. The molecule has 3 fully saturated rings. The van der Waals surface area contributed by atoms with Gasteiger partial charge in [0, 0.05) is 42.2 Å². The summed E-state index contributed by atoms with van der Waals surface area (Å²) in [6.07, 6.45) is 14.4. The number of nitrogens with one attached hydrogen (secondary N) is 5. The number of anilines is 3. The maximum Gasteiger partial charge on any atom is 0.246 e. The van der Waals surface area contributed by atoms with Crippen LogP contribution in [0.15, 0.2) is 60.0 Å². The molecular formula is C55H74N12O7S. The maximum atomic E-state index is 14.8. The number of aromatic nitrogens is 6. The zero-order chi connectivity index (χ0) is 53.0. The van der Waals surface area contributed by atoms with E-state index in [1.54, 1.807) is 64.2 Å². The normalized spacial score (nSPS) is 20.5. The quantitative estimate of drug-likeness (QED) is 0.0632. The van der Waals surface area contributed by atoms with Crippen LogP contribution in [0.5, 0.6) is 11.5 Å². The second kappa shape index (κ2) is 22.8. The number of nitrogens with zero attached hydrogens (tertiary/aromatic N) is 7. The Bertz CT molecular complexity index is 2950. The summed E-state index contributed by atoms with van der Waals surface area (Å²) in [5.74, 6) is 1.88. The number of amides is 3. The topological polar surface area (TPSA) is 239 Å². The lowest BCUT2D eigenvalue weighted by molar-refractivity contribution is -0.143. The third kappa shape index (κ3) is 11.9. The zero-order valence-electron chi connectivity index (χ0n) is 44.4. The first kappa shape index (κ1) is 53.4. The van der Waals surface area contributed by atoms with Crippen LogP contribution in [0.3, 0.4) is 0 Å². The summed E-state index contributed by atoms with van der Waals surface area (Å²) in [6, 6.07) is 9.30. The summed E-state index contributed by atoms with van der Waals surface area (Å²) in [6.45, 7) is 12.6. The molecule has 3 amide bonds. The third-order valence-electron chi connectivity index (χ3n) is 15.9.